The van der Waals surface area contributed by atoms with E-state index in [1.54, 1.807) is 43.1 Å². The monoisotopic (exact) mass is 440 g/mol. The van der Waals surface area contributed by atoms with E-state index in [9.17, 15) is 13.2 Å². The van der Waals surface area contributed by atoms with Crippen LogP contribution in [0.4, 0.5) is 0 Å². The number of nitrogens with one attached hydrogen (secondary N) is 2. The van der Waals surface area contributed by atoms with E-state index in [0.717, 1.165) is 5.76 Å². The van der Waals surface area contributed by atoms with Crippen LogP contribution in [0.15, 0.2) is 51.8 Å². The van der Waals surface area contributed by atoms with Crippen molar-refractivity contribution in [3.8, 4) is 0 Å². The third-order valence-electron chi connectivity index (χ3n) is 4.31. The number of thioether (sulfide) groups is 1. The number of rotatable bonds is 12. The van der Waals surface area contributed by atoms with Crippen molar-refractivity contribution in [2.24, 2.45) is 0 Å². The van der Waals surface area contributed by atoms with Crippen molar-refractivity contribution >= 4 is 27.7 Å². The quantitative estimate of drug-likeness (QED) is 0.527. The van der Waals surface area contributed by atoms with Crippen molar-refractivity contribution in [3.05, 3.63) is 54.0 Å². The van der Waals surface area contributed by atoms with Crippen LogP contribution in [-0.4, -0.2) is 46.1 Å². The van der Waals surface area contributed by atoms with Crippen LogP contribution in [0.5, 0.6) is 0 Å². The molecule has 7 nitrogen and oxygen atoms in total. The molecule has 29 heavy (non-hydrogen) atoms. The number of hydrogen-bond acceptors (Lipinski definition) is 6. The summed E-state index contributed by atoms with van der Waals surface area (Å²) in [6.07, 6.45) is 2.79. The molecule has 0 bridgehead atoms. The maximum atomic E-state index is 13.0. The number of carbonyl (C=O) groups is 1. The number of hydrogen-bond donors (Lipinski definition) is 2. The highest BCUT2D eigenvalue weighted by Gasteiger charge is 2.28. The number of furan rings is 1. The number of ether oxygens (including phenoxy) is 1. The van der Waals surface area contributed by atoms with E-state index >= 15 is 0 Å². The van der Waals surface area contributed by atoms with Gasteiger partial charge < -0.3 is 14.5 Å². The van der Waals surface area contributed by atoms with E-state index in [1.165, 1.54) is 12.1 Å². The summed E-state index contributed by atoms with van der Waals surface area (Å²) in [5.41, 5.74) is 0. The smallest absolute Gasteiger partial charge is 0.241 e. The summed E-state index contributed by atoms with van der Waals surface area (Å²) in [6.45, 7) is 2.25. The molecule has 0 aliphatic heterocycles. The first-order valence-corrected chi connectivity index (χ1v) is 12.2. The number of aryl methyl sites for hydroxylation is 1. The average molecular weight is 441 g/mol. The SMILES string of the molecule is COCC[C@@H](NC(=O)[C@H](CCSC)NS(=O)(=O)c1ccccc1)c1ccc(C)o1. The van der Waals surface area contributed by atoms with Crippen LogP contribution >= 0.6 is 11.8 Å². The van der Waals surface area contributed by atoms with Crippen LogP contribution in [0.25, 0.3) is 0 Å². The molecule has 0 spiro atoms. The highest BCUT2D eigenvalue weighted by Crippen LogP contribution is 2.20. The van der Waals surface area contributed by atoms with Gasteiger partial charge in [-0.2, -0.15) is 16.5 Å². The molecule has 2 aromatic rings. The minimum absolute atomic E-state index is 0.125. The maximum Gasteiger partial charge on any atom is 0.241 e. The predicted molar refractivity (Wildman–Crippen MR) is 114 cm³/mol. The van der Waals surface area contributed by atoms with Crippen molar-refractivity contribution in [3.63, 3.8) is 0 Å². The zero-order chi connectivity index (χ0) is 21.3. The predicted octanol–water partition coefficient (Wildman–Crippen LogP) is 2.88. The summed E-state index contributed by atoms with van der Waals surface area (Å²) in [5, 5.41) is 2.92. The Bertz CT molecular complexity index is 868. The summed E-state index contributed by atoms with van der Waals surface area (Å²) in [7, 11) is -2.23. The molecule has 2 N–H and O–H groups in total. The van der Waals surface area contributed by atoms with Crippen LogP contribution in [0.3, 0.4) is 0 Å². The first kappa shape index (κ1) is 23.5. The zero-order valence-electron chi connectivity index (χ0n) is 16.9. The molecule has 0 saturated carbocycles. The largest absolute Gasteiger partial charge is 0.464 e. The van der Waals surface area contributed by atoms with Crippen LogP contribution in [-0.2, 0) is 19.6 Å². The summed E-state index contributed by atoms with van der Waals surface area (Å²) < 4.78 is 38.8. The van der Waals surface area contributed by atoms with E-state index in [0.29, 0.717) is 31.0 Å². The fraction of sp³-hybridized carbons (Fsp3) is 0.450. The Morgan fingerprint density at radius 1 is 1.17 bits per heavy atom. The Balaban J connectivity index is 2.17. The Morgan fingerprint density at radius 3 is 2.48 bits per heavy atom. The number of sulfonamides is 1. The van der Waals surface area contributed by atoms with Gasteiger partial charge in [0.15, 0.2) is 0 Å². The van der Waals surface area contributed by atoms with Gasteiger partial charge in [-0.25, -0.2) is 8.42 Å². The molecule has 0 unspecified atom stereocenters. The Morgan fingerprint density at radius 2 is 1.90 bits per heavy atom. The van der Waals surface area contributed by atoms with E-state index in [-0.39, 0.29) is 4.90 Å². The normalized spacial score (nSPS) is 13.8. The lowest BCUT2D eigenvalue weighted by molar-refractivity contribution is -0.123. The Hall–Kier alpha value is -1.81. The summed E-state index contributed by atoms with van der Waals surface area (Å²) in [4.78, 5) is 13.1. The molecule has 1 heterocycles. The topological polar surface area (TPSA) is 97.6 Å². The van der Waals surface area contributed by atoms with Crippen molar-refractivity contribution in [1.29, 1.82) is 0 Å². The molecule has 0 fully saturated rings. The van der Waals surface area contributed by atoms with Gasteiger partial charge in [0.1, 0.15) is 17.6 Å². The van der Waals surface area contributed by atoms with Gasteiger partial charge in [0, 0.05) is 13.7 Å². The first-order valence-electron chi connectivity index (χ1n) is 9.29. The number of carbonyl (C=O) groups excluding carboxylic acids is 1. The molecule has 2 rings (SSSR count). The van der Waals surface area contributed by atoms with Crippen molar-refractivity contribution in [1.82, 2.24) is 10.0 Å². The second-order valence-corrected chi connectivity index (χ2v) is 9.26. The molecule has 160 valence electrons. The second-order valence-electron chi connectivity index (χ2n) is 6.56. The van der Waals surface area contributed by atoms with Crippen molar-refractivity contribution in [2.75, 3.05) is 25.7 Å². The molecule has 0 aliphatic rings. The van der Waals surface area contributed by atoms with Gasteiger partial charge in [-0.05, 0) is 56.0 Å². The van der Waals surface area contributed by atoms with E-state index in [1.807, 2.05) is 19.2 Å². The van der Waals surface area contributed by atoms with Gasteiger partial charge in [-0.3, -0.25) is 4.79 Å². The third kappa shape index (κ3) is 7.18. The number of benzene rings is 1. The van der Waals surface area contributed by atoms with Gasteiger partial charge >= 0.3 is 0 Å². The average Bonchev–Trinajstić information content (AvgIpc) is 3.15. The zero-order valence-corrected chi connectivity index (χ0v) is 18.5. The fourth-order valence-electron chi connectivity index (χ4n) is 2.77. The van der Waals surface area contributed by atoms with Crippen molar-refractivity contribution in [2.45, 2.75) is 36.7 Å². The summed E-state index contributed by atoms with van der Waals surface area (Å²) in [6, 6.07) is 10.4. The van der Waals surface area contributed by atoms with E-state index in [4.69, 9.17) is 9.15 Å². The molecule has 9 heteroatoms. The van der Waals surface area contributed by atoms with Crippen LogP contribution in [0.1, 0.15) is 30.4 Å². The minimum Gasteiger partial charge on any atom is -0.464 e. The molecule has 1 amide bonds. The molecule has 0 aliphatic carbocycles. The molecule has 0 saturated heterocycles. The molecule has 1 aromatic carbocycles. The summed E-state index contributed by atoms with van der Waals surface area (Å²) in [5.74, 6) is 1.59. The minimum atomic E-state index is -3.82. The van der Waals surface area contributed by atoms with Gasteiger partial charge in [0.05, 0.1) is 10.9 Å². The van der Waals surface area contributed by atoms with Crippen LogP contribution < -0.4 is 10.0 Å². The fourth-order valence-corrected chi connectivity index (χ4v) is 4.49. The molecular formula is C20H28N2O5S2. The van der Waals surface area contributed by atoms with Gasteiger partial charge in [0.2, 0.25) is 15.9 Å². The lowest BCUT2D eigenvalue weighted by Gasteiger charge is -2.22. The number of amides is 1. The Kier molecular flexibility index (Phi) is 9.22. The second kappa shape index (κ2) is 11.4. The molecule has 0 radical (unpaired) electrons. The third-order valence-corrected chi connectivity index (χ3v) is 6.44. The molecule has 1 aromatic heterocycles. The number of methoxy groups -OCH3 is 1. The highest BCUT2D eigenvalue weighted by molar-refractivity contribution is 7.98. The molecular weight excluding hydrogens is 412 g/mol. The van der Waals surface area contributed by atoms with E-state index < -0.39 is 28.0 Å². The Labute approximate surface area is 176 Å². The molecule has 2 atom stereocenters. The highest BCUT2D eigenvalue weighted by atomic mass is 32.2. The van der Waals surface area contributed by atoms with E-state index in [2.05, 4.69) is 10.0 Å². The van der Waals surface area contributed by atoms with Crippen LogP contribution in [0.2, 0.25) is 0 Å². The van der Waals surface area contributed by atoms with Crippen molar-refractivity contribution < 1.29 is 22.4 Å². The van der Waals surface area contributed by atoms with Crippen LogP contribution in [0, 0.1) is 6.92 Å². The first-order chi connectivity index (χ1) is 13.9. The van der Waals surface area contributed by atoms with Gasteiger partial charge in [-0.1, -0.05) is 18.2 Å². The lowest BCUT2D eigenvalue weighted by atomic mass is 10.1. The van der Waals surface area contributed by atoms with Gasteiger partial charge in [-0.15, -0.1) is 0 Å². The lowest BCUT2D eigenvalue weighted by Crippen LogP contribution is -2.48. The van der Waals surface area contributed by atoms with Gasteiger partial charge in [0.25, 0.3) is 0 Å². The standard InChI is InChI=1S/C20H28N2O5S2/c1-15-9-10-19(27-15)17(11-13-26-2)21-20(23)18(12-14-28-3)22-29(24,25)16-7-5-4-6-8-16/h4-10,17-18,22H,11-14H2,1-3H3,(H,21,23)/t17-,18+/m1/s1. The summed E-state index contributed by atoms with van der Waals surface area (Å²) >= 11 is 1.55. The maximum absolute atomic E-state index is 13.0.